The number of rotatable bonds is 6. The fraction of sp³-hybridized carbons (Fsp3) is 0.200. The van der Waals surface area contributed by atoms with Gasteiger partial charge in [0.05, 0.1) is 36.4 Å². The maximum absolute atomic E-state index is 6.10. The molecular formula is C15H15ClN4O2S. The maximum Gasteiger partial charge on any atom is 0.191 e. The molecule has 1 aromatic carbocycles. The van der Waals surface area contributed by atoms with Crippen LogP contribution in [0.5, 0.6) is 11.5 Å². The highest BCUT2D eigenvalue weighted by Crippen LogP contribution is 2.36. The molecule has 0 spiro atoms. The number of H-pyrrole nitrogens is 1. The summed E-state index contributed by atoms with van der Waals surface area (Å²) in [5, 5.41) is 12.9. The van der Waals surface area contributed by atoms with Gasteiger partial charge in [-0.25, -0.2) is 4.98 Å². The van der Waals surface area contributed by atoms with Crippen molar-refractivity contribution < 1.29 is 9.47 Å². The van der Waals surface area contributed by atoms with Gasteiger partial charge in [0.2, 0.25) is 0 Å². The predicted molar refractivity (Wildman–Crippen MR) is 91.6 cm³/mol. The highest BCUT2D eigenvalue weighted by atomic mass is 35.5. The number of aromatic amines is 1. The summed E-state index contributed by atoms with van der Waals surface area (Å²) in [4.78, 5) is 5.49. The zero-order valence-electron chi connectivity index (χ0n) is 12.6. The number of thiophene rings is 1. The van der Waals surface area contributed by atoms with Gasteiger partial charge >= 0.3 is 0 Å². The first-order chi connectivity index (χ1) is 11.2. The van der Waals surface area contributed by atoms with E-state index in [4.69, 9.17) is 21.1 Å². The van der Waals surface area contributed by atoms with Gasteiger partial charge in [-0.15, -0.1) is 11.3 Å². The standard InChI is InChI=1S/C15H15ClN4O2S/c1-21-11-7-10(12(22-2)6-9(11)16)17-8-14-18-15(20-19-14)13-4-3-5-23-13/h3-7,17H,8H2,1-2H3,(H,18,19,20). The van der Waals surface area contributed by atoms with E-state index < -0.39 is 0 Å². The predicted octanol–water partition coefficient (Wildman–Crippen LogP) is 3.82. The van der Waals surface area contributed by atoms with Gasteiger partial charge in [-0.1, -0.05) is 17.7 Å². The average Bonchev–Trinajstić information content (AvgIpc) is 3.24. The molecule has 3 rings (SSSR count). The smallest absolute Gasteiger partial charge is 0.191 e. The van der Waals surface area contributed by atoms with Crippen LogP contribution in [0.1, 0.15) is 5.82 Å². The maximum atomic E-state index is 6.10. The Labute approximate surface area is 142 Å². The summed E-state index contributed by atoms with van der Waals surface area (Å²) in [6, 6.07) is 7.45. The first-order valence-electron chi connectivity index (χ1n) is 6.82. The Balaban J connectivity index is 1.75. The summed E-state index contributed by atoms with van der Waals surface area (Å²) in [5.74, 6) is 2.63. The Kier molecular flexibility index (Phi) is 4.68. The molecule has 3 aromatic rings. The third-order valence-corrected chi connectivity index (χ3v) is 4.35. The molecule has 0 bridgehead atoms. The fourth-order valence-electron chi connectivity index (χ4n) is 2.07. The van der Waals surface area contributed by atoms with Crippen LogP contribution in [0, 0.1) is 0 Å². The molecule has 0 fully saturated rings. The quantitative estimate of drug-likeness (QED) is 0.707. The van der Waals surface area contributed by atoms with Crippen LogP contribution in [0.15, 0.2) is 29.6 Å². The Morgan fingerprint density at radius 2 is 2.09 bits per heavy atom. The molecule has 0 saturated heterocycles. The summed E-state index contributed by atoms with van der Waals surface area (Å²) in [5.41, 5.74) is 0.767. The third-order valence-electron chi connectivity index (χ3n) is 3.19. The lowest BCUT2D eigenvalue weighted by molar-refractivity contribution is 0.404. The van der Waals surface area contributed by atoms with Crippen molar-refractivity contribution in [3.63, 3.8) is 0 Å². The molecule has 0 atom stereocenters. The van der Waals surface area contributed by atoms with Crippen LogP contribution in [0.25, 0.3) is 10.7 Å². The number of halogens is 1. The Morgan fingerprint density at radius 1 is 1.26 bits per heavy atom. The van der Waals surface area contributed by atoms with Crippen molar-refractivity contribution in [1.82, 2.24) is 15.2 Å². The van der Waals surface area contributed by atoms with Crippen molar-refractivity contribution in [2.45, 2.75) is 6.54 Å². The minimum absolute atomic E-state index is 0.472. The molecule has 0 aliphatic heterocycles. The highest BCUT2D eigenvalue weighted by molar-refractivity contribution is 7.13. The number of ether oxygens (including phenoxy) is 2. The van der Waals surface area contributed by atoms with Crippen LogP contribution in [0.2, 0.25) is 5.02 Å². The van der Waals surface area contributed by atoms with Gasteiger partial charge in [-0.3, -0.25) is 5.10 Å². The SMILES string of the molecule is COc1cc(NCc2nc(-c3cccs3)n[nH]2)c(OC)cc1Cl. The van der Waals surface area contributed by atoms with Gasteiger partial charge in [-0.05, 0) is 11.4 Å². The molecule has 0 aliphatic carbocycles. The van der Waals surface area contributed by atoms with Crippen LogP contribution in [0.4, 0.5) is 5.69 Å². The number of nitrogens with zero attached hydrogens (tertiary/aromatic N) is 2. The van der Waals surface area contributed by atoms with E-state index in [1.54, 1.807) is 37.7 Å². The Bertz CT molecular complexity index is 789. The molecule has 2 N–H and O–H groups in total. The van der Waals surface area contributed by atoms with Crippen LogP contribution in [-0.2, 0) is 6.54 Å². The van der Waals surface area contributed by atoms with E-state index in [2.05, 4.69) is 20.5 Å². The molecule has 0 aliphatic rings. The van der Waals surface area contributed by atoms with Crippen molar-refractivity contribution in [2.75, 3.05) is 19.5 Å². The minimum Gasteiger partial charge on any atom is -0.495 e. The Hall–Kier alpha value is -2.25. The second-order valence-corrected chi connectivity index (χ2v) is 5.98. The van der Waals surface area contributed by atoms with Gasteiger partial charge in [0.15, 0.2) is 5.82 Å². The second kappa shape index (κ2) is 6.89. The van der Waals surface area contributed by atoms with Crippen molar-refractivity contribution >= 4 is 28.6 Å². The molecule has 0 unspecified atom stereocenters. The lowest BCUT2D eigenvalue weighted by Crippen LogP contribution is -2.03. The minimum atomic E-state index is 0.472. The fourth-order valence-corrected chi connectivity index (χ4v) is 2.96. The summed E-state index contributed by atoms with van der Waals surface area (Å²) in [6.07, 6.45) is 0. The molecule has 2 heterocycles. The normalized spacial score (nSPS) is 10.6. The van der Waals surface area contributed by atoms with E-state index in [-0.39, 0.29) is 0 Å². The number of nitrogens with one attached hydrogen (secondary N) is 2. The van der Waals surface area contributed by atoms with Gasteiger partial charge in [-0.2, -0.15) is 5.10 Å². The number of anilines is 1. The molecular weight excluding hydrogens is 336 g/mol. The number of benzene rings is 1. The van der Waals surface area contributed by atoms with Crippen molar-refractivity contribution in [2.24, 2.45) is 0 Å². The van der Waals surface area contributed by atoms with Crippen molar-refractivity contribution in [3.8, 4) is 22.2 Å². The molecule has 6 nitrogen and oxygen atoms in total. The summed E-state index contributed by atoms with van der Waals surface area (Å²) in [6.45, 7) is 0.472. The largest absolute Gasteiger partial charge is 0.495 e. The van der Waals surface area contributed by atoms with Crippen LogP contribution in [-0.4, -0.2) is 29.4 Å². The van der Waals surface area contributed by atoms with Gasteiger partial charge < -0.3 is 14.8 Å². The molecule has 0 saturated carbocycles. The summed E-state index contributed by atoms with van der Waals surface area (Å²) >= 11 is 7.70. The van der Waals surface area contributed by atoms with E-state index >= 15 is 0 Å². The van der Waals surface area contributed by atoms with E-state index in [0.29, 0.717) is 28.9 Å². The van der Waals surface area contributed by atoms with Gasteiger partial charge in [0.25, 0.3) is 0 Å². The van der Waals surface area contributed by atoms with Gasteiger partial charge in [0.1, 0.15) is 17.3 Å². The topological polar surface area (TPSA) is 72.1 Å². The van der Waals surface area contributed by atoms with Crippen LogP contribution >= 0.6 is 22.9 Å². The highest BCUT2D eigenvalue weighted by Gasteiger charge is 2.11. The van der Waals surface area contributed by atoms with Crippen molar-refractivity contribution in [3.05, 3.63) is 40.5 Å². The summed E-state index contributed by atoms with van der Waals surface area (Å²) in [7, 11) is 3.16. The number of aromatic nitrogens is 3. The molecule has 23 heavy (non-hydrogen) atoms. The molecule has 8 heteroatoms. The molecule has 0 amide bonds. The number of hydrogen-bond acceptors (Lipinski definition) is 6. The van der Waals surface area contributed by atoms with E-state index in [1.165, 1.54) is 0 Å². The lowest BCUT2D eigenvalue weighted by Gasteiger charge is -2.13. The van der Waals surface area contributed by atoms with Crippen molar-refractivity contribution in [1.29, 1.82) is 0 Å². The second-order valence-electron chi connectivity index (χ2n) is 4.62. The van der Waals surface area contributed by atoms with E-state index in [1.807, 2.05) is 17.5 Å². The molecule has 2 aromatic heterocycles. The zero-order valence-corrected chi connectivity index (χ0v) is 14.2. The first kappa shape index (κ1) is 15.6. The number of methoxy groups -OCH3 is 2. The molecule has 0 radical (unpaired) electrons. The zero-order chi connectivity index (χ0) is 16.2. The third kappa shape index (κ3) is 3.40. The first-order valence-corrected chi connectivity index (χ1v) is 8.07. The lowest BCUT2D eigenvalue weighted by atomic mass is 10.2. The average molecular weight is 351 g/mol. The monoisotopic (exact) mass is 350 g/mol. The van der Waals surface area contributed by atoms with Crippen LogP contribution in [0.3, 0.4) is 0 Å². The van der Waals surface area contributed by atoms with E-state index in [0.717, 1.165) is 16.4 Å². The van der Waals surface area contributed by atoms with Crippen LogP contribution < -0.4 is 14.8 Å². The Morgan fingerprint density at radius 3 is 2.78 bits per heavy atom. The van der Waals surface area contributed by atoms with E-state index in [9.17, 15) is 0 Å². The molecule has 120 valence electrons. The van der Waals surface area contributed by atoms with Gasteiger partial charge in [0, 0.05) is 12.1 Å². The summed E-state index contributed by atoms with van der Waals surface area (Å²) < 4.78 is 10.6. The number of hydrogen-bond donors (Lipinski definition) is 2.